The van der Waals surface area contributed by atoms with Gasteiger partial charge < -0.3 is 5.32 Å². The van der Waals surface area contributed by atoms with Crippen LogP contribution in [0.3, 0.4) is 0 Å². The highest BCUT2D eigenvalue weighted by molar-refractivity contribution is 5.18. The third-order valence-electron chi connectivity index (χ3n) is 3.80. The highest BCUT2D eigenvalue weighted by Gasteiger charge is 2.19. The number of hydrogen-bond acceptors (Lipinski definition) is 1. The average molecular weight is 217 g/mol. The van der Waals surface area contributed by atoms with Crippen LogP contribution in [-0.2, 0) is 0 Å². The Hall–Kier alpha value is -0.820. The molecule has 0 radical (unpaired) electrons. The zero-order valence-corrected chi connectivity index (χ0v) is 10.4. The van der Waals surface area contributed by atoms with E-state index in [4.69, 9.17) is 0 Å². The molecule has 0 unspecified atom stereocenters. The molecular formula is C15H23N. The summed E-state index contributed by atoms with van der Waals surface area (Å²) in [7, 11) is 0. The van der Waals surface area contributed by atoms with Crippen LogP contribution in [0.4, 0.5) is 0 Å². The van der Waals surface area contributed by atoms with Gasteiger partial charge in [0.15, 0.2) is 0 Å². The fourth-order valence-electron chi connectivity index (χ4n) is 2.62. The number of rotatable bonds is 3. The van der Waals surface area contributed by atoms with Crippen LogP contribution in [-0.4, -0.2) is 6.04 Å². The largest absolute Gasteiger partial charge is 0.307 e. The number of nitrogens with one attached hydrogen (secondary N) is 1. The average Bonchev–Trinajstić information content (AvgIpc) is 2.33. The molecule has 2 rings (SSSR count). The van der Waals surface area contributed by atoms with Crippen LogP contribution < -0.4 is 5.32 Å². The maximum absolute atomic E-state index is 3.76. The van der Waals surface area contributed by atoms with Crippen molar-refractivity contribution in [2.45, 2.75) is 51.6 Å². The molecule has 0 amide bonds. The summed E-state index contributed by atoms with van der Waals surface area (Å²) >= 11 is 0. The van der Waals surface area contributed by atoms with Crippen LogP contribution in [0.2, 0.25) is 0 Å². The van der Waals surface area contributed by atoms with Gasteiger partial charge in [-0.2, -0.15) is 0 Å². The van der Waals surface area contributed by atoms with E-state index in [9.17, 15) is 0 Å². The van der Waals surface area contributed by atoms with Crippen molar-refractivity contribution in [3.05, 3.63) is 35.9 Å². The van der Waals surface area contributed by atoms with Gasteiger partial charge in [0.25, 0.3) is 0 Å². The fourth-order valence-corrected chi connectivity index (χ4v) is 2.62. The quantitative estimate of drug-likeness (QED) is 0.809. The van der Waals surface area contributed by atoms with Crippen LogP contribution in [0.15, 0.2) is 30.3 Å². The second-order valence-corrected chi connectivity index (χ2v) is 5.26. The summed E-state index contributed by atoms with van der Waals surface area (Å²) in [6, 6.07) is 12.0. The van der Waals surface area contributed by atoms with Crippen LogP contribution in [0, 0.1) is 5.92 Å². The Bertz CT molecular complexity index is 298. The first-order valence-corrected chi connectivity index (χ1v) is 6.56. The summed E-state index contributed by atoms with van der Waals surface area (Å²) in [6.07, 6.45) is 5.47. The summed E-state index contributed by atoms with van der Waals surface area (Å²) in [5.41, 5.74) is 1.40. The SMILES string of the molecule is CC1CCC(N[C@H](C)c2ccccc2)CC1. The molecule has 1 aromatic carbocycles. The van der Waals surface area contributed by atoms with E-state index in [1.54, 1.807) is 0 Å². The number of benzene rings is 1. The van der Waals surface area contributed by atoms with Gasteiger partial charge in [-0.1, -0.05) is 37.3 Å². The Labute approximate surface area is 99.3 Å². The Morgan fingerprint density at radius 1 is 1.06 bits per heavy atom. The summed E-state index contributed by atoms with van der Waals surface area (Å²) in [4.78, 5) is 0. The lowest BCUT2D eigenvalue weighted by Gasteiger charge is -2.29. The van der Waals surface area contributed by atoms with E-state index >= 15 is 0 Å². The van der Waals surface area contributed by atoms with E-state index < -0.39 is 0 Å². The minimum absolute atomic E-state index is 0.486. The van der Waals surface area contributed by atoms with E-state index in [-0.39, 0.29) is 0 Å². The second-order valence-electron chi connectivity index (χ2n) is 5.26. The van der Waals surface area contributed by atoms with Crippen molar-refractivity contribution in [3.63, 3.8) is 0 Å². The molecule has 1 aliphatic rings. The lowest BCUT2D eigenvalue weighted by atomic mass is 9.87. The minimum atomic E-state index is 0.486. The van der Waals surface area contributed by atoms with E-state index in [0.717, 1.165) is 12.0 Å². The molecule has 1 aromatic rings. The highest BCUT2D eigenvalue weighted by atomic mass is 14.9. The third kappa shape index (κ3) is 3.08. The molecule has 0 aromatic heterocycles. The summed E-state index contributed by atoms with van der Waals surface area (Å²) in [5, 5.41) is 3.76. The molecule has 88 valence electrons. The topological polar surface area (TPSA) is 12.0 Å². The third-order valence-corrected chi connectivity index (χ3v) is 3.80. The molecule has 0 spiro atoms. The maximum Gasteiger partial charge on any atom is 0.0294 e. The van der Waals surface area contributed by atoms with E-state index in [0.29, 0.717) is 6.04 Å². The van der Waals surface area contributed by atoms with Gasteiger partial charge in [0.1, 0.15) is 0 Å². The standard InChI is InChI=1S/C15H23N/c1-12-8-10-15(11-9-12)16-13(2)14-6-4-3-5-7-14/h3-7,12-13,15-16H,8-11H2,1-2H3/t12?,13-,15?/m1/s1. The first-order chi connectivity index (χ1) is 7.75. The lowest BCUT2D eigenvalue weighted by Crippen LogP contribution is -2.34. The van der Waals surface area contributed by atoms with E-state index in [1.165, 1.54) is 31.2 Å². The van der Waals surface area contributed by atoms with Crippen LogP contribution in [0.1, 0.15) is 51.1 Å². The molecule has 16 heavy (non-hydrogen) atoms. The van der Waals surface area contributed by atoms with E-state index in [2.05, 4.69) is 49.5 Å². The van der Waals surface area contributed by atoms with Crippen LogP contribution in [0.5, 0.6) is 0 Å². The predicted octanol–water partition coefficient (Wildman–Crippen LogP) is 3.92. The van der Waals surface area contributed by atoms with Crippen molar-refractivity contribution in [2.75, 3.05) is 0 Å². The lowest BCUT2D eigenvalue weighted by molar-refractivity contribution is 0.292. The van der Waals surface area contributed by atoms with E-state index in [1.807, 2.05) is 0 Å². The highest BCUT2D eigenvalue weighted by Crippen LogP contribution is 2.25. The minimum Gasteiger partial charge on any atom is -0.307 e. The Balaban J connectivity index is 1.86. The molecule has 1 N–H and O–H groups in total. The molecule has 1 fully saturated rings. The number of hydrogen-bond donors (Lipinski definition) is 1. The zero-order valence-electron chi connectivity index (χ0n) is 10.4. The van der Waals surface area contributed by atoms with Gasteiger partial charge in [0.2, 0.25) is 0 Å². The summed E-state index contributed by atoms with van der Waals surface area (Å²) in [6.45, 7) is 4.64. The first kappa shape index (κ1) is 11.7. The Morgan fingerprint density at radius 2 is 1.69 bits per heavy atom. The molecule has 0 bridgehead atoms. The van der Waals surface area contributed by atoms with Crippen molar-refractivity contribution in [1.82, 2.24) is 5.32 Å². The molecule has 1 aliphatic carbocycles. The van der Waals surface area contributed by atoms with Gasteiger partial charge in [0.05, 0.1) is 0 Å². The first-order valence-electron chi connectivity index (χ1n) is 6.56. The van der Waals surface area contributed by atoms with Gasteiger partial charge in [0, 0.05) is 12.1 Å². The Kier molecular flexibility index (Phi) is 4.00. The molecule has 1 heteroatoms. The second kappa shape index (κ2) is 5.49. The molecule has 1 saturated carbocycles. The van der Waals surface area contributed by atoms with Crippen LogP contribution in [0.25, 0.3) is 0 Å². The summed E-state index contributed by atoms with van der Waals surface area (Å²) in [5.74, 6) is 0.935. The molecule has 0 saturated heterocycles. The van der Waals surface area contributed by atoms with Crippen molar-refractivity contribution in [2.24, 2.45) is 5.92 Å². The molecule has 0 aliphatic heterocycles. The zero-order chi connectivity index (χ0) is 11.4. The monoisotopic (exact) mass is 217 g/mol. The molecule has 0 heterocycles. The van der Waals surface area contributed by atoms with Gasteiger partial charge >= 0.3 is 0 Å². The van der Waals surface area contributed by atoms with Gasteiger partial charge in [-0.15, -0.1) is 0 Å². The normalized spacial score (nSPS) is 27.6. The maximum atomic E-state index is 3.76. The van der Waals surface area contributed by atoms with Gasteiger partial charge in [-0.05, 0) is 44.1 Å². The Morgan fingerprint density at radius 3 is 2.31 bits per heavy atom. The van der Waals surface area contributed by atoms with Crippen LogP contribution >= 0.6 is 0 Å². The van der Waals surface area contributed by atoms with Crippen molar-refractivity contribution < 1.29 is 0 Å². The van der Waals surface area contributed by atoms with Gasteiger partial charge in [-0.25, -0.2) is 0 Å². The molecule has 1 nitrogen and oxygen atoms in total. The molecule has 1 atom stereocenters. The fraction of sp³-hybridized carbons (Fsp3) is 0.600. The van der Waals surface area contributed by atoms with Crippen molar-refractivity contribution in [3.8, 4) is 0 Å². The smallest absolute Gasteiger partial charge is 0.0294 e. The predicted molar refractivity (Wildman–Crippen MR) is 69.4 cm³/mol. The van der Waals surface area contributed by atoms with Crippen molar-refractivity contribution in [1.29, 1.82) is 0 Å². The van der Waals surface area contributed by atoms with Gasteiger partial charge in [-0.3, -0.25) is 0 Å². The van der Waals surface area contributed by atoms with Crippen molar-refractivity contribution >= 4 is 0 Å². The molecular weight excluding hydrogens is 194 g/mol. The summed E-state index contributed by atoms with van der Waals surface area (Å²) < 4.78 is 0.